The van der Waals surface area contributed by atoms with Crippen molar-refractivity contribution in [2.45, 2.75) is 18.9 Å². The second-order valence-electron chi connectivity index (χ2n) is 2.67. The molecule has 8 heteroatoms. The monoisotopic (exact) mass is 221 g/mol. The zero-order valence-electron chi connectivity index (χ0n) is 8.03. The summed E-state index contributed by atoms with van der Waals surface area (Å²) < 4.78 is 0. The van der Waals surface area contributed by atoms with Crippen LogP contribution in [0.1, 0.15) is 12.8 Å². The Hall–Kier alpha value is -1.67. The van der Waals surface area contributed by atoms with E-state index in [0.29, 0.717) is 0 Å². The average molecular weight is 221 g/mol. The highest BCUT2D eigenvalue weighted by atomic mass is 16.4. The summed E-state index contributed by atoms with van der Waals surface area (Å²) in [5.41, 5.74) is 9.81. The van der Waals surface area contributed by atoms with Crippen LogP contribution in [0.3, 0.4) is 0 Å². The van der Waals surface area contributed by atoms with Crippen molar-refractivity contribution in [1.82, 2.24) is 5.32 Å². The third kappa shape index (κ3) is 7.40. The molecule has 0 spiro atoms. The van der Waals surface area contributed by atoms with Crippen molar-refractivity contribution in [1.29, 1.82) is 0 Å². The van der Waals surface area contributed by atoms with E-state index >= 15 is 0 Å². The number of carboxylic acids is 1. The van der Waals surface area contributed by atoms with Gasteiger partial charge in [-0.25, -0.2) is 4.79 Å². The second-order valence-corrected chi connectivity index (χ2v) is 2.67. The van der Waals surface area contributed by atoms with E-state index in [4.69, 9.17) is 16.6 Å². The molecule has 0 aromatic carbocycles. The van der Waals surface area contributed by atoms with Gasteiger partial charge >= 0.3 is 5.97 Å². The minimum absolute atomic E-state index is 0. The summed E-state index contributed by atoms with van der Waals surface area (Å²) in [7, 11) is 0. The SMILES string of the molecule is NCC(=O)N[C@H](CCC(N)=O)C(=O)O.O. The minimum Gasteiger partial charge on any atom is -0.480 e. The van der Waals surface area contributed by atoms with Crippen LogP contribution >= 0.6 is 0 Å². The lowest BCUT2D eigenvalue weighted by Crippen LogP contribution is -2.43. The highest BCUT2D eigenvalue weighted by molar-refractivity contribution is 5.85. The number of rotatable bonds is 6. The first-order chi connectivity index (χ1) is 6.47. The second kappa shape index (κ2) is 7.71. The first-order valence-electron chi connectivity index (χ1n) is 3.98. The van der Waals surface area contributed by atoms with Crippen molar-refractivity contribution in [2.75, 3.05) is 6.54 Å². The lowest BCUT2D eigenvalue weighted by molar-refractivity contribution is -0.141. The predicted octanol–water partition coefficient (Wildman–Crippen LogP) is -3.04. The topological polar surface area (TPSA) is 167 Å². The summed E-state index contributed by atoms with van der Waals surface area (Å²) in [6.45, 7) is -0.291. The van der Waals surface area contributed by atoms with Crippen molar-refractivity contribution in [3.8, 4) is 0 Å². The molecule has 15 heavy (non-hydrogen) atoms. The van der Waals surface area contributed by atoms with Crippen LogP contribution in [-0.4, -0.2) is 41.0 Å². The number of carbonyl (C=O) groups is 3. The Labute approximate surface area is 85.9 Å². The summed E-state index contributed by atoms with van der Waals surface area (Å²) in [6, 6.07) is -1.11. The van der Waals surface area contributed by atoms with Gasteiger partial charge < -0.3 is 27.4 Å². The average Bonchev–Trinajstić information content (AvgIpc) is 2.10. The summed E-state index contributed by atoms with van der Waals surface area (Å²) in [6.07, 6.45) is -0.127. The lowest BCUT2D eigenvalue weighted by Gasteiger charge is -2.12. The number of hydrogen-bond donors (Lipinski definition) is 4. The van der Waals surface area contributed by atoms with Crippen LogP contribution in [0.15, 0.2) is 0 Å². The van der Waals surface area contributed by atoms with Crippen molar-refractivity contribution < 1.29 is 25.0 Å². The molecule has 2 amide bonds. The number of carboxylic acid groups (broad SMARTS) is 1. The van der Waals surface area contributed by atoms with Gasteiger partial charge in [-0.15, -0.1) is 0 Å². The molecule has 0 bridgehead atoms. The maximum Gasteiger partial charge on any atom is 0.326 e. The number of nitrogens with one attached hydrogen (secondary N) is 1. The molecule has 0 aromatic rings. The van der Waals surface area contributed by atoms with E-state index in [0.717, 1.165) is 0 Å². The van der Waals surface area contributed by atoms with Crippen LogP contribution in [0.4, 0.5) is 0 Å². The van der Waals surface area contributed by atoms with E-state index in [-0.39, 0.29) is 24.9 Å². The Morgan fingerprint density at radius 3 is 2.20 bits per heavy atom. The van der Waals surface area contributed by atoms with Gasteiger partial charge in [0, 0.05) is 6.42 Å². The maximum atomic E-state index is 10.8. The molecule has 0 saturated carbocycles. The van der Waals surface area contributed by atoms with E-state index in [9.17, 15) is 14.4 Å². The predicted molar refractivity (Wildman–Crippen MR) is 50.7 cm³/mol. The van der Waals surface area contributed by atoms with E-state index < -0.39 is 23.8 Å². The number of primary amides is 1. The fourth-order valence-electron chi connectivity index (χ4n) is 0.797. The van der Waals surface area contributed by atoms with E-state index in [1.54, 1.807) is 0 Å². The van der Waals surface area contributed by atoms with Crippen molar-refractivity contribution in [3.63, 3.8) is 0 Å². The third-order valence-electron chi connectivity index (χ3n) is 1.50. The molecule has 0 aliphatic rings. The zero-order valence-corrected chi connectivity index (χ0v) is 8.03. The highest BCUT2D eigenvalue weighted by Crippen LogP contribution is 1.96. The first kappa shape index (κ1) is 15.8. The maximum absolute atomic E-state index is 10.8. The molecule has 0 aliphatic carbocycles. The quantitative estimate of drug-likeness (QED) is 0.373. The summed E-state index contributed by atoms with van der Waals surface area (Å²) >= 11 is 0. The smallest absolute Gasteiger partial charge is 0.326 e. The van der Waals surface area contributed by atoms with Crippen molar-refractivity contribution in [3.05, 3.63) is 0 Å². The van der Waals surface area contributed by atoms with E-state index in [2.05, 4.69) is 5.32 Å². The number of nitrogens with two attached hydrogens (primary N) is 2. The Morgan fingerprint density at radius 1 is 1.33 bits per heavy atom. The molecule has 0 fully saturated rings. The molecule has 88 valence electrons. The Balaban J connectivity index is 0. The van der Waals surface area contributed by atoms with Gasteiger partial charge in [-0.2, -0.15) is 0 Å². The fourth-order valence-corrected chi connectivity index (χ4v) is 0.797. The molecule has 0 unspecified atom stereocenters. The Kier molecular flexibility index (Phi) is 8.11. The van der Waals surface area contributed by atoms with Crippen LogP contribution in [0.2, 0.25) is 0 Å². The molecule has 1 atom stereocenters. The van der Waals surface area contributed by atoms with Gasteiger partial charge in [0.05, 0.1) is 6.54 Å². The van der Waals surface area contributed by atoms with E-state index in [1.807, 2.05) is 0 Å². The Morgan fingerprint density at radius 2 is 1.87 bits per heavy atom. The minimum atomic E-state index is -1.21. The summed E-state index contributed by atoms with van der Waals surface area (Å²) in [5.74, 6) is -2.41. The molecular weight excluding hydrogens is 206 g/mol. The molecule has 0 saturated heterocycles. The summed E-state index contributed by atoms with van der Waals surface area (Å²) in [4.78, 5) is 31.7. The van der Waals surface area contributed by atoms with Gasteiger partial charge in [0.25, 0.3) is 0 Å². The van der Waals surface area contributed by atoms with Gasteiger partial charge in [0.1, 0.15) is 6.04 Å². The molecule has 0 aromatic heterocycles. The van der Waals surface area contributed by atoms with Crippen LogP contribution in [0.25, 0.3) is 0 Å². The fraction of sp³-hybridized carbons (Fsp3) is 0.571. The van der Waals surface area contributed by atoms with E-state index in [1.165, 1.54) is 0 Å². The van der Waals surface area contributed by atoms with Gasteiger partial charge in [-0.3, -0.25) is 9.59 Å². The number of aliphatic carboxylic acids is 1. The van der Waals surface area contributed by atoms with Gasteiger partial charge in [0.2, 0.25) is 11.8 Å². The molecule has 0 aliphatic heterocycles. The summed E-state index contributed by atoms with van der Waals surface area (Å²) in [5, 5.41) is 10.8. The molecule has 8 N–H and O–H groups in total. The number of hydrogen-bond acceptors (Lipinski definition) is 4. The third-order valence-corrected chi connectivity index (χ3v) is 1.50. The molecule has 0 radical (unpaired) electrons. The van der Waals surface area contributed by atoms with Crippen molar-refractivity contribution >= 4 is 17.8 Å². The lowest BCUT2D eigenvalue weighted by atomic mass is 10.1. The number of amides is 2. The molecular formula is C7H15N3O5. The normalized spacial score (nSPS) is 11.0. The van der Waals surface area contributed by atoms with Crippen LogP contribution < -0.4 is 16.8 Å². The number of carbonyl (C=O) groups excluding carboxylic acids is 2. The van der Waals surface area contributed by atoms with Gasteiger partial charge in [-0.1, -0.05) is 0 Å². The standard InChI is InChI=1S/C7H13N3O4.H2O/c8-3-6(12)10-4(7(13)14)1-2-5(9)11;/h4H,1-3,8H2,(H2,9,11)(H,10,12)(H,13,14);1H2/t4-;/m1./s1. The van der Waals surface area contributed by atoms with Crippen LogP contribution in [0.5, 0.6) is 0 Å². The van der Waals surface area contributed by atoms with Gasteiger partial charge in [-0.05, 0) is 6.42 Å². The van der Waals surface area contributed by atoms with Crippen molar-refractivity contribution in [2.24, 2.45) is 11.5 Å². The molecule has 8 nitrogen and oxygen atoms in total. The highest BCUT2D eigenvalue weighted by Gasteiger charge is 2.19. The van der Waals surface area contributed by atoms with Crippen LogP contribution in [0, 0.1) is 0 Å². The largest absolute Gasteiger partial charge is 0.480 e. The molecule has 0 rings (SSSR count). The zero-order chi connectivity index (χ0) is 11.1. The van der Waals surface area contributed by atoms with Crippen LogP contribution in [-0.2, 0) is 14.4 Å². The first-order valence-corrected chi connectivity index (χ1v) is 3.98. The molecule has 0 heterocycles. The Bertz CT molecular complexity index is 243. The van der Waals surface area contributed by atoms with Gasteiger partial charge in [0.15, 0.2) is 0 Å².